The number of likely N-dealkylation sites (tertiary alicyclic amines) is 2. The minimum atomic E-state index is 0.400. The molecular formula is C23H34N4. The smallest absolute Gasteiger partial charge is 0.106 e. The number of likely N-dealkylation sites (N-methyl/N-ethyl adjacent to an activating group) is 1. The van der Waals surface area contributed by atoms with Gasteiger partial charge >= 0.3 is 0 Å². The van der Waals surface area contributed by atoms with Crippen LogP contribution in [0.2, 0.25) is 0 Å². The third kappa shape index (κ3) is 4.12. The lowest BCUT2D eigenvalue weighted by Gasteiger charge is -2.43. The van der Waals surface area contributed by atoms with E-state index in [2.05, 4.69) is 64.1 Å². The highest BCUT2D eigenvalue weighted by Gasteiger charge is 2.45. The van der Waals surface area contributed by atoms with Crippen molar-refractivity contribution < 1.29 is 0 Å². The fourth-order valence-electron chi connectivity index (χ4n) is 5.06. The molecule has 2 aromatic rings. The van der Waals surface area contributed by atoms with Crippen LogP contribution in [0.3, 0.4) is 0 Å². The molecule has 0 radical (unpaired) electrons. The van der Waals surface area contributed by atoms with Crippen molar-refractivity contribution >= 4 is 0 Å². The van der Waals surface area contributed by atoms with E-state index in [4.69, 9.17) is 0 Å². The third-order valence-corrected chi connectivity index (χ3v) is 6.83. The highest BCUT2D eigenvalue weighted by atomic mass is 15.2. The molecule has 4 rings (SSSR count). The Morgan fingerprint density at radius 2 is 1.96 bits per heavy atom. The summed E-state index contributed by atoms with van der Waals surface area (Å²) in [5.74, 6) is 1.85. The molecule has 146 valence electrons. The summed E-state index contributed by atoms with van der Waals surface area (Å²) < 4.78 is 0. The third-order valence-electron chi connectivity index (χ3n) is 6.83. The largest absolute Gasteiger partial charge is 0.345 e. The lowest BCUT2D eigenvalue weighted by atomic mass is 9.81. The Kier molecular flexibility index (Phi) is 5.65. The van der Waals surface area contributed by atoms with Crippen LogP contribution in [0.5, 0.6) is 0 Å². The standard InChI is InChI=1S/C23H34N4/c1-3-4-10-22-24-16-21(25-22)18-27-13-11-23(12-14-27)15-20(17-26(23)2)19-8-6-5-7-9-19/h5-9,16,20H,3-4,10-15,17-18H2,1-2H3,(H,24,25)/t20-/m1/s1. The van der Waals surface area contributed by atoms with Crippen LogP contribution in [0.25, 0.3) is 0 Å². The summed E-state index contributed by atoms with van der Waals surface area (Å²) in [7, 11) is 2.34. The van der Waals surface area contributed by atoms with Crippen LogP contribution in [0.4, 0.5) is 0 Å². The van der Waals surface area contributed by atoms with Gasteiger partial charge < -0.3 is 4.98 Å². The molecule has 0 unspecified atom stereocenters. The van der Waals surface area contributed by atoms with Crippen LogP contribution in [0, 0.1) is 0 Å². The topological polar surface area (TPSA) is 35.2 Å². The number of imidazole rings is 1. The van der Waals surface area contributed by atoms with E-state index in [9.17, 15) is 0 Å². The normalized spacial score (nSPS) is 23.3. The molecular weight excluding hydrogens is 332 g/mol. The molecule has 0 bridgehead atoms. The zero-order valence-corrected chi connectivity index (χ0v) is 17.0. The van der Waals surface area contributed by atoms with Crippen LogP contribution in [-0.2, 0) is 13.0 Å². The molecule has 3 heterocycles. The van der Waals surface area contributed by atoms with E-state index in [-0.39, 0.29) is 0 Å². The van der Waals surface area contributed by atoms with Gasteiger partial charge in [0.05, 0.1) is 0 Å². The molecule has 0 aliphatic carbocycles. The molecule has 0 saturated carbocycles. The van der Waals surface area contributed by atoms with E-state index in [1.165, 1.54) is 63.0 Å². The number of unbranched alkanes of at least 4 members (excludes halogenated alkanes) is 1. The van der Waals surface area contributed by atoms with Crippen molar-refractivity contribution in [1.82, 2.24) is 19.8 Å². The Hall–Kier alpha value is -1.65. The molecule has 4 heteroatoms. The first kappa shape index (κ1) is 18.7. The zero-order chi connectivity index (χ0) is 18.7. The maximum Gasteiger partial charge on any atom is 0.106 e. The molecule has 1 aromatic heterocycles. The summed E-state index contributed by atoms with van der Waals surface area (Å²) in [6.07, 6.45) is 9.43. The Bertz CT molecular complexity index is 715. The Labute approximate surface area is 164 Å². The van der Waals surface area contributed by atoms with Gasteiger partial charge in [0.1, 0.15) is 5.82 Å². The van der Waals surface area contributed by atoms with Crippen molar-refractivity contribution in [3.05, 3.63) is 53.6 Å². The quantitative estimate of drug-likeness (QED) is 0.832. The number of aryl methyl sites for hydroxylation is 1. The minimum Gasteiger partial charge on any atom is -0.345 e. The van der Waals surface area contributed by atoms with Crippen LogP contribution >= 0.6 is 0 Å². The molecule has 27 heavy (non-hydrogen) atoms. The first-order valence-corrected chi connectivity index (χ1v) is 10.7. The molecule has 2 saturated heterocycles. The second-order valence-electron chi connectivity index (χ2n) is 8.65. The summed E-state index contributed by atoms with van der Waals surface area (Å²) >= 11 is 0. The second kappa shape index (κ2) is 8.15. The summed E-state index contributed by atoms with van der Waals surface area (Å²) in [4.78, 5) is 13.3. The monoisotopic (exact) mass is 366 g/mol. The molecule has 2 fully saturated rings. The molecule has 2 aliphatic rings. The van der Waals surface area contributed by atoms with Crippen LogP contribution in [-0.4, -0.2) is 52.0 Å². The van der Waals surface area contributed by atoms with Gasteiger partial charge in [-0.2, -0.15) is 0 Å². The van der Waals surface area contributed by atoms with Gasteiger partial charge in [-0.25, -0.2) is 4.98 Å². The Morgan fingerprint density at radius 1 is 1.19 bits per heavy atom. The molecule has 2 aliphatic heterocycles. The number of aromatic amines is 1. The first-order chi connectivity index (χ1) is 13.2. The number of nitrogens with zero attached hydrogens (tertiary/aromatic N) is 3. The Morgan fingerprint density at radius 3 is 2.70 bits per heavy atom. The van der Waals surface area contributed by atoms with Crippen LogP contribution < -0.4 is 0 Å². The fraction of sp³-hybridized carbons (Fsp3) is 0.609. The summed E-state index contributed by atoms with van der Waals surface area (Å²) in [6, 6.07) is 11.1. The molecule has 4 nitrogen and oxygen atoms in total. The van der Waals surface area contributed by atoms with Crippen molar-refractivity contribution in [2.45, 2.75) is 63.5 Å². The van der Waals surface area contributed by atoms with Gasteiger partial charge in [0.2, 0.25) is 0 Å². The Balaban J connectivity index is 1.32. The zero-order valence-electron chi connectivity index (χ0n) is 17.0. The molecule has 0 amide bonds. The maximum absolute atomic E-state index is 4.56. The van der Waals surface area contributed by atoms with Gasteiger partial charge in [-0.15, -0.1) is 0 Å². The van der Waals surface area contributed by atoms with E-state index >= 15 is 0 Å². The van der Waals surface area contributed by atoms with Gasteiger partial charge in [-0.05, 0) is 44.2 Å². The molecule has 1 spiro atoms. The average molecular weight is 367 g/mol. The number of aromatic nitrogens is 2. The highest BCUT2D eigenvalue weighted by molar-refractivity contribution is 5.23. The number of hydrogen-bond donors (Lipinski definition) is 1. The summed E-state index contributed by atoms with van der Waals surface area (Å²) in [5.41, 5.74) is 3.19. The van der Waals surface area contributed by atoms with E-state index in [0.29, 0.717) is 11.5 Å². The number of benzene rings is 1. The average Bonchev–Trinajstić information content (AvgIpc) is 3.27. The first-order valence-electron chi connectivity index (χ1n) is 10.7. The fourth-order valence-corrected chi connectivity index (χ4v) is 5.06. The second-order valence-corrected chi connectivity index (χ2v) is 8.65. The maximum atomic E-state index is 4.56. The van der Waals surface area contributed by atoms with Crippen molar-refractivity contribution in [1.29, 1.82) is 0 Å². The van der Waals surface area contributed by atoms with Crippen molar-refractivity contribution in [2.75, 3.05) is 26.7 Å². The molecule has 1 N–H and O–H groups in total. The predicted octanol–water partition coefficient (Wildman–Crippen LogP) is 4.21. The minimum absolute atomic E-state index is 0.400. The van der Waals surface area contributed by atoms with Crippen molar-refractivity contribution in [3.63, 3.8) is 0 Å². The lowest BCUT2D eigenvalue weighted by Crippen LogP contribution is -2.50. The van der Waals surface area contributed by atoms with E-state index in [0.717, 1.165) is 18.8 Å². The van der Waals surface area contributed by atoms with E-state index in [1.54, 1.807) is 0 Å². The number of nitrogens with one attached hydrogen (secondary N) is 1. The summed E-state index contributed by atoms with van der Waals surface area (Å²) in [5, 5.41) is 0. The van der Waals surface area contributed by atoms with Crippen molar-refractivity contribution in [2.24, 2.45) is 0 Å². The van der Waals surface area contributed by atoms with Gasteiger partial charge in [0.25, 0.3) is 0 Å². The number of rotatable bonds is 6. The van der Waals surface area contributed by atoms with Gasteiger partial charge in [0, 0.05) is 50.0 Å². The van der Waals surface area contributed by atoms with Crippen LogP contribution in [0.15, 0.2) is 36.5 Å². The van der Waals surface area contributed by atoms with Crippen LogP contribution in [0.1, 0.15) is 62.0 Å². The van der Waals surface area contributed by atoms with E-state index < -0.39 is 0 Å². The number of hydrogen-bond acceptors (Lipinski definition) is 3. The van der Waals surface area contributed by atoms with E-state index in [1.807, 2.05) is 6.20 Å². The lowest BCUT2D eigenvalue weighted by molar-refractivity contribution is 0.0667. The summed E-state index contributed by atoms with van der Waals surface area (Å²) in [6.45, 7) is 6.83. The highest BCUT2D eigenvalue weighted by Crippen LogP contribution is 2.44. The number of piperidine rings is 1. The SMILES string of the molecule is CCCCc1ncc(CN2CCC3(CC2)C[C@@H](c2ccccc2)CN3C)[nH]1. The number of H-pyrrole nitrogens is 1. The molecule has 1 aromatic carbocycles. The van der Waals surface area contributed by atoms with Gasteiger partial charge in [-0.1, -0.05) is 43.7 Å². The van der Waals surface area contributed by atoms with Crippen molar-refractivity contribution in [3.8, 4) is 0 Å². The van der Waals surface area contributed by atoms with Gasteiger partial charge in [0.15, 0.2) is 0 Å². The molecule has 1 atom stereocenters. The predicted molar refractivity (Wildman–Crippen MR) is 111 cm³/mol. The van der Waals surface area contributed by atoms with Gasteiger partial charge in [-0.3, -0.25) is 9.80 Å².